The van der Waals surface area contributed by atoms with Gasteiger partial charge in [0.15, 0.2) is 0 Å². The minimum Gasteiger partial charge on any atom is -0.457 e. The molecule has 94 valence electrons. The standard InChI is InChI=1S/C11H11N3O4/c12-14-13-4-9(15)10(16)6-1-2-7-5-18-11(17)8(7)3-6/h1-3,9-10,15-16H,4-5H2. The number of ether oxygens (including phenoxy) is 1. The van der Waals surface area contributed by atoms with Gasteiger partial charge in [0.05, 0.1) is 18.2 Å². The average Bonchev–Trinajstić information content (AvgIpc) is 2.76. The van der Waals surface area contributed by atoms with Gasteiger partial charge < -0.3 is 14.9 Å². The van der Waals surface area contributed by atoms with Gasteiger partial charge in [0, 0.05) is 10.5 Å². The van der Waals surface area contributed by atoms with E-state index in [9.17, 15) is 15.0 Å². The minimum atomic E-state index is -1.21. The largest absolute Gasteiger partial charge is 0.457 e. The summed E-state index contributed by atoms with van der Waals surface area (Å²) in [5.41, 5.74) is 9.66. The number of hydrogen-bond donors (Lipinski definition) is 2. The molecule has 2 atom stereocenters. The summed E-state index contributed by atoms with van der Waals surface area (Å²) in [4.78, 5) is 13.9. The molecule has 7 nitrogen and oxygen atoms in total. The van der Waals surface area contributed by atoms with Gasteiger partial charge in [-0.05, 0) is 17.2 Å². The van der Waals surface area contributed by atoms with E-state index in [4.69, 9.17) is 10.3 Å². The highest BCUT2D eigenvalue weighted by molar-refractivity contribution is 5.93. The van der Waals surface area contributed by atoms with Gasteiger partial charge in [-0.3, -0.25) is 0 Å². The van der Waals surface area contributed by atoms with Gasteiger partial charge in [-0.25, -0.2) is 4.79 Å². The fourth-order valence-corrected chi connectivity index (χ4v) is 1.76. The molecule has 18 heavy (non-hydrogen) atoms. The molecule has 2 unspecified atom stereocenters. The number of hydrogen-bond acceptors (Lipinski definition) is 5. The first kappa shape index (κ1) is 12.4. The number of azide groups is 1. The lowest BCUT2D eigenvalue weighted by molar-refractivity contribution is 0.0243. The summed E-state index contributed by atoms with van der Waals surface area (Å²) in [5.74, 6) is -0.441. The molecule has 0 aromatic heterocycles. The number of esters is 1. The summed E-state index contributed by atoms with van der Waals surface area (Å²) in [6, 6.07) is 4.75. The van der Waals surface area contributed by atoms with Crippen molar-refractivity contribution < 1.29 is 19.7 Å². The molecule has 1 heterocycles. The average molecular weight is 249 g/mol. The molecule has 2 N–H and O–H groups in total. The van der Waals surface area contributed by atoms with Crippen LogP contribution in [0.1, 0.15) is 27.6 Å². The Bertz CT molecular complexity index is 525. The van der Waals surface area contributed by atoms with Crippen LogP contribution in [-0.4, -0.2) is 28.8 Å². The van der Waals surface area contributed by atoms with E-state index >= 15 is 0 Å². The van der Waals surface area contributed by atoms with Gasteiger partial charge in [0.2, 0.25) is 0 Å². The van der Waals surface area contributed by atoms with Crippen LogP contribution in [0.15, 0.2) is 23.3 Å². The molecular formula is C11H11N3O4. The molecule has 1 aromatic carbocycles. The Hall–Kier alpha value is -2.08. The van der Waals surface area contributed by atoms with Gasteiger partial charge >= 0.3 is 5.97 Å². The monoisotopic (exact) mass is 249 g/mol. The summed E-state index contributed by atoms with van der Waals surface area (Å²) in [7, 11) is 0. The lowest BCUT2D eigenvalue weighted by Gasteiger charge is -2.16. The highest BCUT2D eigenvalue weighted by Gasteiger charge is 2.24. The van der Waals surface area contributed by atoms with E-state index in [1.165, 1.54) is 6.07 Å². The topological polar surface area (TPSA) is 116 Å². The molecule has 0 bridgehead atoms. The van der Waals surface area contributed by atoms with Gasteiger partial charge in [-0.2, -0.15) is 0 Å². The maximum absolute atomic E-state index is 11.3. The summed E-state index contributed by atoms with van der Waals surface area (Å²) < 4.78 is 4.83. The van der Waals surface area contributed by atoms with Gasteiger partial charge in [0.25, 0.3) is 0 Å². The van der Waals surface area contributed by atoms with Crippen molar-refractivity contribution in [1.29, 1.82) is 0 Å². The molecule has 0 fully saturated rings. The first-order valence-corrected chi connectivity index (χ1v) is 5.30. The van der Waals surface area contributed by atoms with Crippen LogP contribution in [0.25, 0.3) is 10.4 Å². The van der Waals surface area contributed by atoms with Crippen LogP contribution in [0.2, 0.25) is 0 Å². The van der Waals surface area contributed by atoms with Crippen molar-refractivity contribution in [3.8, 4) is 0 Å². The number of aliphatic hydroxyl groups is 2. The van der Waals surface area contributed by atoms with Crippen molar-refractivity contribution in [3.05, 3.63) is 45.3 Å². The van der Waals surface area contributed by atoms with E-state index in [2.05, 4.69) is 10.0 Å². The number of cyclic esters (lactones) is 1. The predicted octanol–water partition coefficient (Wildman–Crippen LogP) is 1.06. The van der Waals surface area contributed by atoms with E-state index < -0.39 is 18.2 Å². The normalized spacial score (nSPS) is 16.4. The molecule has 1 aliphatic heterocycles. The van der Waals surface area contributed by atoms with Crippen LogP contribution in [-0.2, 0) is 11.3 Å². The van der Waals surface area contributed by atoms with Crippen molar-refractivity contribution in [2.45, 2.75) is 18.8 Å². The maximum atomic E-state index is 11.3. The second-order valence-electron chi connectivity index (χ2n) is 3.92. The molecule has 0 saturated carbocycles. The molecule has 0 aliphatic carbocycles. The SMILES string of the molecule is [N-]=[N+]=NCC(O)C(O)c1ccc2c(c1)C(=O)OC2. The molecule has 0 radical (unpaired) electrons. The fourth-order valence-electron chi connectivity index (χ4n) is 1.76. The maximum Gasteiger partial charge on any atom is 0.338 e. The second-order valence-corrected chi connectivity index (χ2v) is 3.92. The number of carbonyl (C=O) groups excluding carboxylic acids is 1. The zero-order valence-electron chi connectivity index (χ0n) is 9.35. The Balaban J connectivity index is 2.21. The predicted molar refractivity (Wildman–Crippen MR) is 60.5 cm³/mol. The molecule has 0 saturated heterocycles. The van der Waals surface area contributed by atoms with E-state index in [0.29, 0.717) is 11.1 Å². The molecule has 1 aliphatic rings. The number of nitrogens with zero attached hydrogens (tertiary/aromatic N) is 3. The van der Waals surface area contributed by atoms with Crippen LogP contribution in [0, 0.1) is 0 Å². The first-order valence-electron chi connectivity index (χ1n) is 5.30. The van der Waals surface area contributed by atoms with Crippen LogP contribution >= 0.6 is 0 Å². The summed E-state index contributed by atoms with van der Waals surface area (Å²) in [6.07, 6.45) is -2.43. The van der Waals surface area contributed by atoms with Crippen molar-refractivity contribution in [2.75, 3.05) is 6.54 Å². The Morgan fingerprint density at radius 2 is 2.28 bits per heavy atom. The summed E-state index contributed by atoms with van der Waals surface area (Å²) in [6.45, 7) is -0.00891. The van der Waals surface area contributed by atoms with E-state index in [1.807, 2.05) is 0 Å². The number of rotatable bonds is 4. The number of aliphatic hydroxyl groups excluding tert-OH is 2. The summed E-state index contributed by atoms with van der Waals surface area (Å²) in [5, 5.41) is 22.6. The van der Waals surface area contributed by atoms with Crippen LogP contribution in [0.4, 0.5) is 0 Å². The fraction of sp³-hybridized carbons (Fsp3) is 0.364. The molecular weight excluding hydrogens is 238 g/mol. The zero-order chi connectivity index (χ0) is 13.1. The van der Waals surface area contributed by atoms with Crippen molar-refractivity contribution in [2.24, 2.45) is 5.11 Å². The highest BCUT2D eigenvalue weighted by atomic mass is 16.5. The molecule has 0 spiro atoms. The number of fused-ring (bicyclic) bond motifs is 1. The third kappa shape index (κ3) is 2.28. The van der Waals surface area contributed by atoms with Gasteiger partial charge in [-0.15, -0.1) is 0 Å². The van der Waals surface area contributed by atoms with Crippen LogP contribution in [0.5, 0.6) is 0 Å². The van der Waals surface area contributed by atoms with Crippen LogP contribution < -0.4 is 0 Å². The molecule has 0 amide bonds. The van der Waals surface area contributed by atoms with E-state index in [-0.39, 0.29) is 13.2 Å². The zero-order valence-corrected chi connectivity index (χ0v) is 9.35. The third-order valence-electron chi connectivity index (χ3n) is 2.75. The van der Waals surface area contributed by atoms with Crippen molar-refractivity contribution in [3.63, 3.8) is 0 Å². The number of carbonyl (C=O) groups is 1. The Morgan fingerprint density at radius 3 is 3.00 bits per heavy atom. The second kappa shape index (κ2) is 5.05. The molecule has 1 aromatic rings. The summed E-state index contributed by atoms with van der Waals surface area (Å²) >= 11 is 0. The molecule has 2 rings (SSSR count). The van der Waals surface area contributed by atoms with Gasteiger partial charge in [-0.1, -0.05) is 17.2 Å². The lowest BCUT2D eigenvalue weighted by atomic mass is 9.99. The lowest BCUT2D eigenvalue weighted by Crippen LogP contribution is -2.21. The van der Waals surface area contributed by atoms with Crippen molar-refractivity contribution >= 4 is 5.97 Å². The number of benzene rings is 1. The first-order chi connectivity index (χ1) is 8.63. The van der Waals surface area contributed by atoms with Gasteiger partial charge in [0.1, 0.15) is 12.7 Å². The molecule has 7 heteroatoms. The van der Waals surface area contributed by atoms with Crippen LogP contribution in [0.3, 0.4) is 0 Å². The highest BCUT2D eigenvalue weighted by Crippen LogP contribution is 2.25. The Kier molecular flexibility index (Phi) is 3.47. The smallest absolute Gasteiger partial charge is 0.338 e. The Labute approximate surface area is 102 Å². The quantitative estimate of drug-likeness (QED) is 0.359. The minimum absolute atomic E-state index is 0.228. The van der Waals surface area contributed by atoms with E-state index in [1.54, 1.807) is 12.1 Å². The van der Waals surface area contributed by atoms with E-state index in [0.717, 1.165) is 5.56 Å². The van der Waals surface area contributed by atoms with Crippen molar-refractivity contribution in [1.82, 2.24) is 0 Å². The third-order valence-corrected chi connectivity index (χ3v) is 2.75. The Morgan fingerprint density at radius 1 is 1.50 bits per heavy atom.